The van der Waals surface area contributed by atoms with Crippen LogP contribution < -0.4 is 0 Å². The van der Waals surface area contributed by atoms with E-state index in [2.05, 4.69) is 20.8 Å². The highest BCUT2D eigenvalue weighted by molar-refractivity contribution is 5.78. The van der Waals surface area contributed by atoms with Crippen LogP contribution in [0, 0.1) is 0 Å². The minimum absolute atomic E-state index is 0.111. The molecule has 1 aliphatic heterocycles. The number of rotatable bonds is 61. The van der Waals surface area contributed by atoms with E-state index in [1.54, 1.807) is 0 Å². The zero-order chi connectivity index (χ0) is 52.5. The summed E-state index contributed by atoms with van der Waals surface area (Å²) in [6.07, 6.45) is 74.0. The van der Waals surface area contributed by atoms with Crippen molar-refractivity contribution in [2.45, 2.75) is 392 Å². The molecule has 6 heteroatoms. The molecule has 0 amide bonds. The number of carbonyl (C=O) groups is 2. The molecule has 0 unspecified atom stereocenters. The summed E-state index contributed by atoms with van der Waals surface area (Å²) in [5.74, 6) is 0.386. The van der Waals surface area contributed by atoms with Gasteiger partial charge in [0.1, 0.15) is 19.8 Å². The summed E-state index contributed by atoms with van der Waals surface area (Å²) < 4.78 is 17.9. The Balaban J connectivity index is 2.30. The second-order valence-corrected chi connectivity index (χ2v) is 23.6. The number of hydrogen-bond donors (Lipinski definition) is 0. The van der Waals surface area contributed by atoms with Crippen molar-refractivity contribution in [1.82, 2.24) is 0 Å². The minimum Gasteiger partial charge on any atom is -0.478 e. The first kappa shape index (κ1) is 69.4. The summed E-state index contributed by atoms with van der Waals surface area (Å²) in [7, 11) is 0. The van der Waals surface area contributed by atoms with Crippen LogP contribution in [0.2, 0.25) is 0 Å². The fraction of sp³-hybridized carbons (Fsp3) is 0.955. The molecule has 0 aromatic carbocycles. The van der Waals surface area contributed by atoms with Gasteiger partial charge < -0.3 is 14.2 Å². The lowest BCUT2D eigenvalue weighted by atomic mass is 10.0. The molecule has 0 fully saturated rings. The van der Waals surface area contributed by atoms with Crippen LogP contribution >= 0.6 is 0 Å². The van der Waals surface area contributed by atoms with Gasteiger partial charge in [-0.15, -0.1) is 0 Å². The molecule has 432 valence electrons. The first-order valence-electron chi connectivity index (χ1n) is 33.6. The SMILES string of the molecule is CCCCCCCCCCCCCCCCCCCCC(=O)OCC1(COC(=O)CCCCCCCCCCCCCCCCCCCC)COC(CCCCCCCCCCCCCCCCCCCC)=N1. The molecular formula is C67H129NO5. The third-order valence-corrected chi connectivity index (χ3v) is 16.1. The molecule has 0 aliphatic carbocycles. The Morgan fingerprint density at radius 1 is 0.329 bits per heavy atom. The van der Waals surface area contributed by atoms with Gasteiger partial charge in [-0.1, -0.05) is 348 Å². The van der Waals surface area contributed by atoms with Gasteiger partial charge in [0, 0.05) is 19.3 Å². The van der Waals surface area contributed by atoms with E-state index in [0.717, 1.165) is 44.4 Å². The van der Waals surface area contributed by atoms with Crippen molar-refractivity contribution in [3.05, 3.63) is 0 Å². The maximum atomic E-state index is 13.0. The number of esters is 2. The zero-order valence-corrected chi connectivity index (χ0v) is 49.9. The van der Waals surface area contributed by atoms with Gasteiger partial charge in [0.15, 0.2) is 11.4 Å². The van der Waals surface area contributed by atoms with Crippen molar-refractivity contribution in [3.63, 3.8) is 0 Å². The highest BCUT2D eigenvalue weighted by atomic mass is 16.6. The summed E-state index contributed by atoms with van der Waals surface area (Å²) >= 11 is 0. The van der Waals surface area contributed by atoms with E-state index in [-0.39, 0.29) is 25.2 Å². The summed E-state index contributed by atoms with van der Waals surface area (Å²) in [6, 6.07) is 0. The number of unbranched alkanes of at least 4 members (excludes halogenated alkanes) is 51. The van der Waals surface area contributed by atoms with E-state index in [0.29, 0.717) is 19.4 Å². The summed E-state index contributed by atoms with van der Waals surface area (Å²) in [5, 5.41) is 0. The fourth-order valence-electron chi connectivity index (χ4n) is 11.0. The van der Waals surface area contributed by atoms with Crippen molar-refractivity contribution in [2.75, 3.05) is 19.8 Å². The average molecular weight is 1030 g/mol. The number of ether oxygens (including phenoxy) is 3. The molecule has 73 heavy (non-hydrogen) atoms. The van der Waals surface area contributed by atoms with Gasteiger partial charge in [-0.05, 0) is 19.3 Å². The lowest BCUT2D eigenvalue weighted by Gasteiger charge is -2.23. The minimum atomic E-state index is -0.837. The molecule has 0 saturated carbocycles. The van der Waals surface area contributed by atoms with Crippen molar-refractivity contribution in [2.24, 2.45) is 4.99 Å². The van der Waals surface area contributed by atoms with Crippen molar-refractivity contribution in [1.29, 1.82) is 0 Å². The van der Waals surface area contributed by atoms with E-state index >= 15 is 0 Å². The highest BCUT2D eigenvalue weighted by Crippen LogP contribution is 2.25. The Hall–Kier alpha value is -1.59. The Morgan fingerprint density at radius 3 is 0.767 bits per heavy atom. The van der Waals surface area contributed by atoms with Gasteiger partial charge in [-0.2, -0.15) is 0 Å². The number of hydrogen-bond acceptors (Lipinski definition) is 6. The lowest BCUT2D eigenvalue weighted by Crippen LogP contribution is -2.41. The molecule has 1 rings (SSSR count). The standard InChI is InChI=1S/C67H129NO5/c1-4-7-10-13-16-19-22-25-28-31-34-37-40-43-46-49-52-55-58-64-68-67(61-71-64,62-72-65(69)59-56-53-50-47-44-41-38-35-32-29-26-23-20-17-14-11-8-5-2)63-73-66(70)60-57-54-51-48-45-42-39-36-33-30-27-24-21-18-15-12-9-6-3/h4-63H2,1-3H3. The predicted molar refractivity (Wildman–Crippen MR) is 318 cm³/mol. The summed E-state index contributed by atoms with van der Waals surface area (Å²) in [4.78, 5) is 30.9. The largest absolute Gasteiger partial charge is 0.478 e. The van der Waals surface area contributed by atoms with Gasteiger partial charge in [-0.25, -0.2) is 4.99 Å². The molecule has 0 N–H and O–H groups in total. The fourth-order valence-corrected chi connectivity index (χ4v) is 11.0. The molecule has 0 aromatic heterocycles. The molecule has 0 radical (unpaired) electrons. The molecule has 0 bridgehead atoms. The lowest BCUT2D eigenvalue weighted by molar-refractivity contribution is -0.150. The van der Waals surface area contributed by atoms with Crippen molar-refractivity contribution < 1.29 is 23.8 Å². The molecule has 0 spiro atoms. The van der Waals surface area contributed by atoms with Crippen LogP contribution in [0.3, 0.4) is 0 Å². The third kappa shape index (κ3) is 49.7. The monoisotopic (exact) mass is 1030 g/mol. The van der Waals surface area contributed by atoms with Crippen LogP contribution in [-0.4, -0.2) is 43.2 Å². The quantitative estimate of drug-likeness (QED) is 0.0448. The van der Waals surface area contributed by atoms with Crippen LogP contribution in [0.5, 0.6) is 0 Å². The van der Waals surface area contributed by atoms with E-state index in [1.807, 2.05) is 0 Å². The van der Waals surface area contributed by atoms with E-state index < -0.39 is 5.54 Å². The summed E-state index contributed by atoms with van der Waals surface area (Å²) in [6.45, 7) is 7.41. The predicted octanol–water partition coefficient (Wildman–Crippen LogP) is 22.5. The molecular weight excluding hydrogens is 899 g/mol. The smallest absolute Gasteiger partial charge is 0.305 e. The number of nitrogens with zero attached hydrogens (tertiary/aromatic N) is 1. The van der Waals surface area contributed by atoms with Gasteiger partial charge in [0.05, 0.1) is 0 Å². The van der Waals surface area contributed by atoms with E-state index in [1.165, 1.54) is 315 Å². The van der Waals surface area contributed by atoms with Crippen molar-refractivity contribution >= 4 is 17.8 Å². The normalized spacial score (nSPS) is 13.2. The van der Waals surface area contributed by atoms with Gasteiger partial charge in [-0.3, -0.25) is 9.59 Å². The molecule has 1 heterocycles. The second-order valence-electron chi connectivity index (χ2n) is 23.6. The summed E-state index contributed by atoms with van der Waals surface area (Å²) in [5.41, 5.74) is -0.837. The van der Waals surface area contributed by atoms with Crippen LogP contribution in [0.1, 0.15) is 387 Å². The van der Waals surface area contributed by atoms with Crippen molar-refractivity contribution in [3.8, 4) is 0 Å². The Kier molecular flexibility index (Phi) is 53.8. The Labute approximate surface area is 456 Å². The first-order chi connectivity index (χ1) is 36.0. The average Bonchev–Trinajstić information content (AvgIpc) is 3.81. The Morgan fingerprint density at radius 2 is 0.534 bits per heavy atom. The van der Waals surface area contributed by atoms with Crippen LogP contribution in [0.4, 0.5) is 0 Å². The second kappa shape index (κ2) is 56.6. The molecule has 6 nitrogen and oxygen atoms in total. The van der Waals surface area contributed by atoms with Gasteiger partial charge in [0.2, 0.25) is 0 Å². The molecule has 1 aliphatic rings. The maximum absolute atomic E-state index is 13.0. The van der Waals surface area contributed by atoms with E-state index in [9.17, 15) is 9.59 Å². The van der Waals surface area contributed by atoms with Crippen LogP contribution in [0.25, 0.3) is 0 Å². The molecule has 0 aromatic rings. The Bertz CT molecular complexity index is 1110. The zero-order valence-electron chi connectivity index (χ0n) is 49.9. The van der Waals surface area contributed by atoms with Crippen LogP contribution in [0.15, 0.2) is 4.99 Å². The number of carbonyl (C=O) groups excluding carboxylic acids is 2. The maximum Gasteiger partial charge on any atom is 0.305 e. The van der Waals surface area contributed by atoms with Crippen LogP contribution in [-0.2, 0) is 23.8 Å². The highest BCUT2D eigenvalue weighted by Gasteiger charge is 2.40. The van der Waals surface area contributed by atoms with E-state index in [4.69, 9.17) is 19.2 Å². The third-order valence-electron chi connectivity index (χ3n) is 16.1. The van der Waals surface area contributed by atoms with Gasteiger partial charge in [0.25, 0.3) is 0 Å². The van der Waals surface area contributed by atoms with Gasteiger partial charge >= 0.3 is 11.9 Å². The molecule has 0 saturated heterocycles. The number of aliphatic imine (C=N–C) groups is 1. The molecule has 0 atom stereocenters. The topological polar surface area (TPSA) is 74.2 Å². The first-order valence-corrected chi connectivity index (χ1v) is 33.6.